The van der Waals surface area contributed by atoms with Crippen LogP contribution in [0.4, 0.5) is 5.69 Å². The Labute approximate surface area is 170 Å². The van der Waals surface area contributed by atoms with E-state index in [0.29, 0.717) is 49.9 Å². The SMILES string of the molecule is Cc1ccc(NC(=O)CCc2ccc(S(=O)(=O)N3CCOCC3)cc2)cc1Cl. The van der Waals surface area contributed by atoms with Crippen LogP contribution in [0.3, 0.4) is 0 Å². The fourth-order valence-corrected chi connectivity index (χ4v) is 4.50. The molecule has 1 amide bonds. The first-order valence-corrected chi connectivity index (χ1v) is 10.9. The van der Waals surface area contributed by atoms with Crippen LogP contribution in [0.25, 0.3) is 0 Å². The minimum absolute atomic E-state index is 0.120. The number of halogens is 1. The highest BCUT2D eigenvalue weighted by Crippen LogP contribution is 2.21. The van der Waals surface area contributed by atoms with E-state index in [0.717, 1.165) is 11.1 Å². The van der Waals surface area contributed by atoms with Crippen molar-refractivity contribution in [1.29, 1.82) is 0 Å². The molecule has 2 aromatic carbocycles. The Morgan fingerprint density at radius 3 is 2.46 bits per heavy atom. The predicted octanol–water partition coefficient (Wildman–Crippen LogP) is 3.24. The van der Waals surface area contributed by atoms with Crippen LogP contribution < -0.4 is 5.32 Å². The van der Waals surface area contributed by atoms with Crippen molar-refractivity contribution in [3.8, 4) is 0 Å². The molecule has 0 aromatic heterocycles. The number of aryl methyl sites for hydroxylation is 2. The molecule has 1 fully saturated rings. The van der Waals surface area contributed by atoms with Gasteiger partial charge >= 0.3 is 0 Å². The van der Waals surface area contributed by atoms with Gasteiger partial charge in [-0.15, -0.1) is 0 Å². The van der Waals surface area contributed by atoms with Crippen molar-refractivity contribution in [1.82, 2.24) is 4.31 Å². The molecule has 0 saturated carbocycles. The van der Waals surface area contributed by atoms with Crippen LogP contribution in [0.15, 0.2) is 47.4 Å². The fraction of sp³-hybridized carbons (Fsp3) is 0.350. The first-order chi connectivity index (χ1) is 13.4. The maximum atomic E-state index is 12.6. The molecule has 0 aliphatic carbocycles. The van der Waals surface area contributed by atoms with E-state index in [9.17, 15) is 13.2 Å². The van der Waals surface area contributed by atoms with Gasteiger partial charge in [-0.3, -0.25) is 4.79 Å². The maximum Gasteiger partial charge on any atom is 0.243 e. The third-order valence-electron chi connectivity index (χ3n) is 4.63. The van der Waals surface area contributed by atoms with Crippen molar-refractivity contribution in [2.75, 3.05) is 31.6 Å². The van der Waals surface area contributed by atoms with Crippen molar-refractivity contribution < 1.29 is 17.9 Å². The molecule has 0 bridgehead atoms. The van der Waals surface area contributed by atoms with E-state index in [-0.39, 0.29) is 10.8 Å². The summed E-state index contributed by atoms with van der Waals surface area (Å²) in [7, 11) is -3.50. The third-order valence-corrected chi connectivity index (χ3v) is 6.95. The van der Waals surface area contributed by atoms with E-state index in [4.69, 9.17) is 16.3 Å². The quantitative estimate of drug-likeness (QED) is 0.775. The molecule has 0 spiro atoms. The summed E-state index contributed by atoms with van der Waals surface area (Å²) in [6.45, 7) is 3.47. The first kappa shape index (κ1) is 20.8. The highest BCUT2D eigenvalue weighted by atomic mass is 35.5. The van der Waals surface area contributed by atoms with Crippen LogP contribution >= 0.6 is 11.6 Å². The molecule has 0 radical (unpaired) electrons. The number of amides is 1. The van der Waals surface area contributed by atoms with Crippen molar-refractivity contribution in [2.45, 2.75) is 24.7 Å². The summed E-state index contributed by atoms with van der Waals surface area (Å²) in [6.07, 6.45) is 0.810. The second-order valence-electron chi connectivity index (χ2n) is 6.67. The lowest BCUT2D eigenvalue weighted by Gasteiger charge is -2.26. The van der Waals surface area contributed by atoms with Gasteiger partial charge in [0.05, 0.1) is 18.1 Å². The average Bonchev–Trinajstić information content (AvgIpc) is 2.70. The predicted molar refractivity (Wildman–Crippen MR) is 109 cm³/mol. The maximum absolute atomic E-state index is 12.6. The lowest BCUT2D eigenvalue weighted by molar-refractivity contribution is -0.116. The van der Waals surface area contributed by atoms with Crippen LogP contribution in [0.2, 0.25) is 5.02 Å². The molecular formula is C20H23ClN2O4S. The molecule has 3 rings (SSSR count). The van der Waals surface area contributed by atoms with Gasteiger partial charge in [-0.1, -0.05) is 29.8 Å². The Morgan fingerprint density at radius 2 is 1.82 bits per heavy atom. The number of ether oxygens (including phenoxy) is 1. The Morgan fingerprint density at radius 1 is 1.14 bits per heavy atom. The van der Waals surface area contributed by atoms with Gasteiger partial charge in [0.15, 0.2) is 0 Å². The normalized spacial score (nSPS) is 15.4. The molecule has 1 N–H and O–H groups in total. The molecule has 6 nitrogen and oxygen atoms in total. The monoisotopic (exact) mass is 422 g/mol. The summed E-state index contributed by atoms with van der Waals surface area (Å²) < 4.78 is 31.9. The number of rotatable bonds is 6. The molecule has 1 heterocycles. The van der Waals surface area contributed by atoms with Crippen molar-refractivity contribution >= 4 is 33.2 Å². The Bertz CT molecular complexity index is 939. The number of hydrogen-bond donors (Lipinski definition) is 1. The number of carbonyl (C=O) groups excluding carboxylic acids is 1. The smallest absolute Gasteiger partial charge is 0.243 e. The van der Waals surface area contributed by atoms with E-state index in [1.54, 1.807) is 30.3 Å². The molecule has 8 heteroatoms. The molecule has 0 unspecified atom stereocenters. The van der Waals surface area contributed by atoms with Crippen LogP contribution in [0, 0.1) is 6.92 Å². The molecule has 150 valence electrons. The van der Waals surface area contributed by atoms with Crippen LogP contribution in [-0.2, 0) is 26.0 Å². The van der Waals surface area contributed by atoms with Gasteiger partial charge in [0.25, 0.3) is 0 Å². The number of benzene rings is 2. The van der Waals surface area contributed by atoms with Gasteiger partial charge in [-0.05, 0) is 48.7 Å². The summed E-state index contributed by atoms with van der Waals surface area (Å²) in [5.41, 5.74) is 2.51. The standard InChI is InChI=1S/C20H23ClN2O4S/c1-15-2-6-17(14-19(15)21)22-20(24)9-5-16-3-7-18(8-4-16)28(25,26)23-10-12-27-13-11-23/h2-4,6-8,14H,5,9-13H2,1H3,(H,22,24). The highest BCUT2D eigenvalue weighted by Gasteiger charge is 2.26. The zero-order chi connectivity index (χ0) is 20.1. The van der Waals surface area contributed by atoms with Crippen LogP contribution in [-0.4, -0.2) is 44.9 Å². The molecule has 2 aromatic rings. The number of anilines is 1. The minimum atomic E-state index is -3.50. The molecule has 1 aliphatic rings. The van der Waals surface area contributed by atoms with E-state index in [1.807, 2.05) is 19.1 Å². The Hall–Kier alpha value is -1.93. The minimum Gasteiger partial charge on any atom is -0.379 e. The van der Waals surface area contributed by atoms with E-state index in [1.165, 1.54) is 4.31 Å². The molecule has 1 saturated heterocycles. The summed E-state index contributed by atoms with van der Waals surface area (Å²) >= 11 is 6.07. The van der Waals surface area contributed by atoms with Gasteiger partial charge in [0.2, 0.25) is 15.9 Å². The van der Waals surface area contributed by atoms with E-state index >= 15 is 0 Å². The summed E-state index contributed by atoms with van der Waals surface area (Å²) in [6, 6.07) is 12.1. The van der Waals surface area contributed by atoms with Crippen molar-refractivity contribution in [3.63, 3.8) is 0 Å². The Balaban J connectivity index is 1.56. The van der Waals surface area contributed by atoms with Crippen LogP contribution in [0.1, 0.15) is 17.5 Å². The van der Waals surface area contributed by atoms with Gasteiger partial charge < -0.3 is 10.1 Å². The summed E-state index contributed by atoms with van der Waals surface area (Å²) in [5.74, 6) is -0.120. The topological polar surface area (TPSA) is 75.7 Å². The lowest BCUT2D eigenvalue weighted by Crippen LogP contribution is -2.40. The fourth-order valence-electron chi connectivity index (χ4n) is 2.92. The first-order valence-electron chi connectivity index (χ1n) is 9.09. The van der Waals surface area contributed by atoms with Gasteiger partial charge in [-0.2, -0.15) is 4.31 Å². The van der Waals surface area contributed by atoms with Gasteiger partial charge in [0, 0.05) is 30.2 Å². The second-order valence-corrected chi connectivity index (χ2v) is 9.02. The van der Waals surface area contributed by atoms with E-state index < -0.39 is 10.0 Å². The summed E-state index contributed by atoms with van der Waals surface area (Å²) in [4.78, 5) is 12.4. The number of sulfonamides is 1. The molecular weight excluding hydrogens is 400 g/mol. The largest absolute Gasteiger partial charge is 0.379 e. The number of carbonyl (C=O) groups is 1. The number of hydrogen-bond acceptors (Lipinski definition) is 4. The number of morpholine rings is 1. The van der Waals surface area contributed by atoms with Gasteiger partial charge in [-0.25, -0.2) is 8.42 Å². The molecule has 0 atom stereocenters. The zero-order valence-electron chi connectivity index (χ0n) is 15.7. The number of nitrogens with zero attached hydrogens (tertiary/aromatic N) is 1. The number of nitrogens with one attached hydrogen (secondary N) is 1. The van der Waals surface area contributed by atoms with Crippen molar-refractivity contribution in [2.24, 2.45) is 0 Å². The molecule has 28 heavy (non-hydrogen) atoms. The summed E-state index contributed by atoms with van der Waals surface area (Å²) in [5, 5.41) is 3.43. The lowest BCUT2D eigenvalue weighted by atomic mass is 10.1. The average molecular weight is 423 g/mol. The van der Waals surface area contributed by atoms with E-state index in [2.05, 4.69) is 5.32 Å². The van der Waals surface area contributed by atoms with Crippen LogP contribution in [0.5, 0.6) is 0 Å². The molecule has 1 aliphatic heterocycles. The zero-order valence-corrected chi connectivity index (χ0v) is 17.2. The Kier molecular flexibility index (Phi) is 6.72. The van der Waals surface area contributed by atoms with Crippen molar-refractivity contribution in [3.05, 3.63) is 58.6 Å². The highest BCUT2D eigenvalue weighted by molar-refractivity contribution is 7.89. The third kappa shape index (κ3) is 5.11. The van der Waals surface area contributed by atoms with Gasteiger partial charge in [0.1, 0.15) is 0 Å². The second kappa shape index (κ2) is 9.05.